The molecule has 9 heteroatoms. The van der Waals surface area contributed by atoms with Gasteiger partial charge in [0.15, 0.2) is 0 Å². The molecule has 0 amide bonds. The van der Waals surface area contributed by atoms with Crippen molar-refractivity contribution in [3.05, 3.63) is 0 Å². The summed E-state index contributed by atoms with van der Waals surface area (Å²) in [5.41, 5.74) is 0. The first-order valence-electron chi connectivity index (χ1n) is 5.37. The van der Waals surface area contributed by atoms with E-state index < -0.39 is 11.9 Å². The molecule has 0 rings (SSSR count). The molecular weight excluding hydrogens is 399 g/mol. The van der Waals surface area contributed by atoms with Crippen molar-refractivity contribution in [2.75, 3.05) is 37.9 Å². The summed E-state index contributed by atoms with van der Waals surface area (Å²) in [7, 11) is 0. The van der Waals surface area contributed by atoms with E-state index in [0.29, 0.717) is 0 Å². The van der Waals surface area contributed by atoms with Crippen molar-refractivity contribution < 1.29 is 29.3 Å². The third kappa shape index (κ3) is 32.2. The van der Waals surface area contributed by atoms with E-state index in [0.717, 1.165) is 0 Å². The second-order valence-electron chi connectivity index (χ2n) is 2.70. The maximum atomic E-state index is 10.2. The van der Waals surface area contributed by atoms with Crippen molar-refractivity contribution in [2.45, 2.75) is 9.88 Å². The summed E-state index contributed by atoms with van der Waals surface area (Å²) < 4.78 is 8.75. The number of aliphatic hydroxyl groups is 2. The second kappa shape index (κ2) is 23.5. The van der Waals surface area contributed by atoms with Gasteiger partial charge in [0, 0.05) is 0 Å². The Morgan fingerprint density at radius 2 is 1.21 bits per heavy atom. The molecule has 2 radical (unpaired) electrons. The molecule has 19 heavy (non-hydrogen) atoms. The van der Waals surface area contributed by atoms with Crippen LogP contribution in [0.3, 0.4) is 0 Å². The van der Waals surface area contributed by atoms with Gasteiger partial charge in [-0.2, -0.15) is 25.3 Å². The molecule has 0 unspecified atom stereocenters. The van der Waals surface area contributed by atoms with E-state index in [1.807, 2.05) is 0 Å². The third-order valence-corrected chi connectivity index (χ3v) is 1.48. The summed E-state index contributed by atoms with van der Waals surface area (Å²) in [6, 6.07) is 0. The van der Waals surface area contributed by atoms with E-state index in [9.17, 15) is 9.59 Å². The van der Waals surface area contributed by atoms with Crippen LogP contribution in [0, 0.1) is 0 Å². The third-order valence-electron chi connectivity index (χ3n) is 0.967. The van der Waals surface area contributed by atoms with Crippen molar-refractivity contribution in [1.29, 1.82) is 0 Å². The Kier molecular flexibility index (Phi) is 30.1. The van der Waals surface area contributed by atoms with Crippen LogP contribution in [-0.4, -0.2) is 81.2 Å². The van der Waals surface area contributed by atoms with E-state index in [1.54, 1.807) is 0 Å². The molecule has 0 aliphatic carbocycles. The fourth-order valence-electron chi connectivity index (χ4n) is 0.410. The minimum absolute atomic E-state index is 0.0688. The van der Waals surface area contributed by atoms with Crippen LogP contribution in [0.15, 0.2) is 0 Å². The van der Waals surface area contributed by atoms with E-state index in [4.69, 9.17) is 10.2 Å². The Morgan fingerprint density at radius 1 is 0.947 bits per heavy atom. The molecule has 0 bridgehead atoms. The predicted molar refractivity (Wildman–Crippen MR) is 81.3 cm³/mol. The normalized spacial score (nSPS) is 8.32. The summed E-state index contributed by atoms with van der Waals surface area (Å²) in [5, 5.41) is 16.2. The molecule has 2 N–H and O–H groups in total. The van der Waals surface area contributed by atoms with Gasteiger partial charge in [-0.05, 0) is 0 Å². The quantitative estimate of drug-likeness (QED) is 0.267. The van der Waals surface area contributed by atoms with E-state index in [-0.39, 0.29) is 59.1 Å². The van der Waals surface area contributed by atoms with Gasteiger partial charge in [0.2, 0.25) is 0 Å². The number of ether oxygens (including phenoxy) is 2. The van der Waals surface area contributed by atoms with Crippen LogP contribution in [0.2, 0.25) is 9.88 Å². The molecule has 0 aromatic heterocycles. The molecule has 0 fully saturated rings. The van der Waals surface area contributed by atoms with Crippen LogP contribution in [0.4, 0.5) is 0 Å². The Balaban J connectivity index is -0.000000224. The number of carbonyl (C=O) groups excluding carboxylic acids is 2. The number of hydrogen-bond acceptors (Lipinski definition) is 8. The molecular formula is C10H22O6S2Sn. The topological polar surface area (TPSA) is 93.1 Å². The molecule has 114 valence electrons. The SMILES string of the molecule is O=C(CS)OCCO.O=C(CS)OCCO.[CH3][Sn][CH3]. The van der Waals surface area contributed by atoms with Crippen LogP contribution >= 0.6 is 25.3 Å². The maximum absolute atomic E-state index is 10.2. The molecule has 0 aliphatic rings. The Labute approximate surface area is 135 Å². The van der Waals surface area contributed by atoms with Gasteiger partial charge in [-0.3, -0.25) is 9.59 Å². The molecule has 0 heterocycles. The minimum atomic E-state index is -0.401. The van der Waals surface area contributed by atoms with Crippen LogP contribution in [0.1, 0.15) is 0 Å². The summed E-state index contributed by atoms with van der Waals surface area (Å²) in [6.45, 7) is -0.113. The summed E-state index contributed by atoms with van der Waals surface area (Å²) in [4.78, 5) is 24.9. The van der Waals surface area contributed by atoms with Gasteiger partial charge in [-0.1, -0.05) is 0 Å². The zero-order chi connectivity index (χ0) is 15.5. The molecule has 0 atom stereocenters. The number of esters is 2. The zero-order valence-electron chi connectivity index (χ0n) is 11.2. The Hall–Kier alpha value is 0.359. The van der Waals surface area contributed by atoms with Gasteiger partial charge >= 0.3 is 43.0 Å². The molecule has 0 aromatic carbocycles. The summed E-state index contributed by atoms with van der Waals surface area (Å²) in [6.07, 6.45) is 0. The first-order valence-corrected chi connectivity index (χ1v) is 12.3. The predicted octanol–water partition coefficient (Wildman–Crippen LogP) is -0.310. The van der Waals surface area contributed by atoms with Gasteiger partial charge in [-0.15, -0.1) is 0 Å². The van der Waals surface area contributed by atoms with Crippen LogP contribution < -0.4 is 0 Å². The standard InChI is InChI=1S/2C4H8O3S.2CH3.Sn/c2*5-1-2-7-4(6)3-8;;;/h2*5,8H,1-3H2;2*1H3;. The molecule has 0 saturated heterocycles. The van der Waals surface area contributed by atoms with Crippen molar-refractivity contribution in [3.63, 3.8) is 0 Å². The number of hydrogen-bond donors (Lipinski definition) is 4. The average Bonchev–Trinajstić information content (AvgIpc) is 2.43. The number of rotatable bonds is 6. The summed E-state index contributed by atoms with van der Waals surface area (Å²) >= 11 is 7.49. The van der Waals surface area contributed by atoms with E-state index in [1.165, 1.54) is 0 Å². The number of aliphatic hydroxyl groups excluding tert-OH is 2. The van der Waals surface area contributed by atoms with Gasteiger partial charge in [0.25, 0.3) is 0 Å². The van der Waals surface area contributed by atoms with Crippen molar-refractivity contribution >= 4 is 58.3 Å². The Bertz CT molecular complexity index is 186. The molecule has 0 aromatic rings. The van der Waals surface area contributed by atoms with Gasteiger partial charge in [0.05, 0.1) is 24.7 Å². The van der Waals surface area contributed by atoms with Crippen LogP contribution in [0.5, 0.6) is 0 Å². The van der Waals surface area contributed by atoms with Gasteiger partial charge in [-0.25, -0.2) is 0 Å². The van der Waals surface area contributed by atoms with E-state index >= 15 is 0 Å². The monoisotopic (exact) mass is 422 g/mol. The van der Waals surface area contributed by atoms with Crippen molar-refractivity contribution in [3.8, 4) is 0 Å². The first kappa shape index (κ1) is 24.4. The summed E-state index contributed by atoms with van der Waals surface area (Å²) in [5.74, 6) is -0.662. The number of carbonyl (C=O) groups is 2. The van der Waals surface area contributed by atoms with Crippen molar-refractivity contribution in [2.24, 2.45) is 0 Å². The first-order chi connectivity index (χ1) is 9.03. The molecule has 0 aliphatic heterocycles. The fraction of sp³-hybridized carbons (Fsp3) is 0.800. The van der Waals surface area contributed by atoms with E-state index in [2.05, 4.69) is 44.6 Å². The number of thiol groups is 2. The van der Waals surface area contributed by atoms with Crippen LogP contribution in [0.25, 0.3) is 0 Å². The fourth-order valence-corrected chi connectivity index (χ4v) is 0.593. The van der Waals surface area contributed by atoms with Gasteiger partial charge < -0.3 is 19.7 Å². The molecule has 0 spiro atoms. The molecule has 0 saturated carbocycles. The van der Waals surface area contributed by atoms with Crippen LogP contribution in [-0.2, 0) is 19.1 Å². The van der Waals surface area contributed by atoms with Gasteiger partial charge in [0.1, 0.15) is 13.2 Å². The van der Waals surface area contributed by atoms with Crippen molar-refractivity contribution in [1.82, 2.24) is 0 Å². The molecule has 6 nitrogen and oxygen atoms in total. The average molecular weight is 421 g/mol. The Morgan fingerprint density at radius 3 is 1.37 bits per heavy atom. The second-order valence-corrected chi connectivity index (χ2v) is 6.19. The zero-order valence-corrected chi connectivity index (χ0v) is 15.8.